The van der Waals surface area contributed by atoms with Crippen molar-refractivity contribution in [3.05, 3.63) is 63.9 Å². The van der Waals surface area contributed by atoms with E-state index in [4.69, 9.17) is 11.6 Å². The molecule has 0 aliphatic heterocycles. The standard InChI is InChI=1S/C22H26ClFN2O/c1-14(2)17-7-4-6-15(3)22(17)25-21(27)13-26(16-10-11-16)12-18-19(23)8-5-9-20(18)24/h4-9,14,16H,10-13H2,1-3H3,(H,25,27). The van der Waals surface area contributed by atoms with Gasteiger partial charge in [0.2, 0.25) is 5.91 Å². The molecule has 0 unspecified atom stereocenters. The Labute approximate surface area is 165 Å². The van der Waals surface area contributed by atoms with Crippen molar-refractivity contribution in [2.75, 3.05) is 11.9 Å². The van der Waals surface area contributed by atoms with Gasteiger partial charge in [-0.2, -0.15) is 0 Å². The van der Waals surface area contributed by atoms with Crippen LogP contribution in [-0.2, 0) is 11.3 Å². The van der Waals surface area contributed by atoms with Crippen LogP contribution >= 0.6 is 11.6 Å². The van der Waals surface area contributed by atoms with E-state index in [0.717, 1.165) is 29.7 Å². The van der Waals surface area contributed by atoms with Crippen LogP contribution in [0.25, 0.3) is 0 Å². The second-order valence-corrected chi connectivity index (χ2v) is 7.99. The highest BCUT2D eigenvalue weighted by Gasteiger charge is 2.31. The molecule has 2 aromatic rings. The molecule has 0 heterocycles. The van der Waals surface area contributed by atoms with E-state index in [2.05, 4.69) is 19.2 Å². The van der Waals surface area contributed by atoms with Crippen LogP contribution in [-0.4, -0.2) is 23.4 Å². The number of carbonyl (C=O) groups is 1. The molecule has 1 amide bonds. The van der Waals surface area contributed by atoms with Gasteiger partial charge >= 0.3 is 0 Å². The Balaban J connectivity index is 1.74. The van der Waals surface area contributed by atoms with Crippen molar-refractivity contribution in [3.63, 3.8) is 0 Å². The Morgan fingerprint density at radius 1 is 1.26 bits per heavy atom. The van der Waals surface area contributed by atoms with Gasteiger partial charge in [0, 0.05) is 28.9 Å². The van der Waals surface area contributed by atoms with Gasteiger partial charge in [0.25, 0.3) is 0 Å². The molecule has 144 valence electrons. The number of para-hydroxylation sites is 1. The molecule has 3 nitrogen and oxygen atoms in total. The average molecular weight is 389 g/mol. The Bertz CT molecular complexity index is 813. The molecule has 0 aromatic heterocycles. The fourth-order valence-corrected chi connectivity index (χ4v) is 3.57. The molecule has 1 saturated carbocycles. The highest BCUT2D eigenvalue weighted by molar-refractivity contribution is 6.31. The number of benzene rings is 2. The van der Waals surface area contributed by atoms with E-state index in [1.807, 2.05) is 30.0 Å². The van der Waals surface area contributed by atoms with Gasteiger partial charge < -0.3 is 5.32 Å². The van der Waals surface area contributed by atoms with Gasteiger partial charge in [-0.3, -0.25) is 9.69 Å². The summed E-state index contributed by atoms with van der Waals surface area (Å²) < 4.78 is 14.2. The summed E-state index contributed by atoms with van der Waals surface area (Å²) in [6.45, 7) is 6.79. The van der Waals surface area contributed by atoms with Crippen molar-refractivity contribution < 1.29 is 9.18 Å². The number of halogens is 2. The number of anilines is 1. The molecule has 3 rings (SSSR count). The lowest BCUT2D eigenvalue weighted by atomic mass is 9.98. The number of amides is 1. The summed E-state index contributed by atoms with van der Waals surface area (Å²) >= 11 is 6.17. The first-order valence-corrected chi connectivity index (χ1v) is 9.81. The number of nitrogens with zero attached hydrogens (tertiary/aromatic N) is 1. The first-order valence-electron chi connectivity index (χ1n) is 9.43. The van der Waals surface area contributed by atoms with Crippen LogP contribution in [0.4, 0.5) is 10.1 Å². The summed E-state index contributed by atoms with van der Waals surface area (Å²) in [6, 6.07) is 11.1. The van der Waals surface area contributed by atoms with E-state index >= 15 is 0 Å². The van der Waals surface area contributed by atoms with Crippen LogP contribution in [0.5, 0.6) is 0 Å². The molecule has 0 atom stereocenters. The highest BCUT2D eigenvalue weighted by atomic mass is 35.5. The zero-order chi connectivity index (χ0) is 19.6. The average Bonchev–Trinajstić information content (AvgIpc) is 3.44. The zero-order valence-corrected chi connectivity index (χ0v) is 16.8. The number of aryl methyl sites for hydroxylation is 1. The van der Waals surface area contributed by atoms with Gasteiger partial charge in [0.1, 0.15) is 5.82 Å². The summed E-state index contributed by atoms with van der Waals surface area (Å²) in [6.07, 6.45) is 2.06. The third-order valence-electron chi connectivity index (χ3n) is 5.02. The highest BCUT2D eigenvalue weighted by Crippen LogP contribution is 2.31. The maximum atomic E-state index is 14.2. The number of carbonyl (C=O) groups excluding carboxylic acids is 1. The second kappa shape index (κ2) is 8.41. The summed E-state index contributed by atoms with van der Waals surface area (Å²) in [5, 5.41) is 3.49. The van der Waals surface area contributed by atoms with Crippen LogP contribution < -0.4 is 5.32 Å². The number of nitrogens with one attached hydrogen (secondary N) is 1. The van der Waals surface area contributed by atoms with Gasteiger partial charge in [-0.25, -0.2) is 4.39 Å². The molecule has 5 heteroatoms. The van der Waals surface area contributed by atoms with Crippen molar-refractivity contribution in [3.8, 4) is 0 Å². The Hall–Kier alpha value is -1.91. The molecule has 1 N–H and O–H groups in total. The SMILES string of the molecule is Cc1cccc(C(C)C)c1NC(=O)CN(Cc1c(F)cccc1Cl)C1CC1. The predicted molar refractivity (Wildman–Crippen MR) is 109 cm³/mol. The molecule has 27 heavy (non-hydrogen) atoms. The van der Waals surface area contributed by atoms with Crippen molar-refractivity contribution >= 4 is 23.2 Å². The maximum Gasteiger partial charge on any atom is 0.238 e. The molecule has 1 fully saturated rings. The predicted octanol–water partition coefficient (Wildman–Crippen LogP) is 5.51. The number of rotatable bonds is 7. The minimum absolute atomic E-state index is 0.0782. The van der Waals surface area contributed by atoms with E-state index in [9.17, 15) is 9.18 Å². The van der Waals surface area contributed by atoms with E-state index in [0.29, 0.717) is 29.1 Å². The lowest BCUT2D eigenvalue weighted by molar-refractivity contribution is -0.117. The first kappa shape index (κ1) is 19.8. The van der Waals surface area contributed by atoms with Crippen molar-refractivity contribution in [2.24, 2.45) is 0 Å². The van der Waals surface area contributed by atoms with Gasteiger partial charge in [-0.05, 0) is 48.9 Å². The van der Waals surface area contributed by atoms with E-state index in [1.165, 1.54) is 6.07 Å². The lowest BCUT2D eigenvalue weighted by Crippen LogP contribution is -2.35. The van der Waals surface area contributed by atoms with Crippen LogP contribution in [0.15, 0.2) is 36.4 Å². The molecule has 0 spiro atoms. The van der Waals surface area contributed by atoms with Gasteiger partial charge in [0.15, 0.2) is 0 Å². The summed E-state index contributed by atoms with van der Waals surface area (Å²) in [5.41, 5.74) is 3.51. The quantitative estimate of drug-likeness (QED) is 0.677. The number of hydrogen-bond donors (Lipinski definition) is 1. The molecule has 0 saturated heterocycles. The Morgan fingerprint density at radius 3 is 2.59 bits per heavy atom. The Kier molecular flexibility index (Phi) is 6.18. The van der Waals surface area contributed by atoms with Crippen molar-refractivity contribution in [1.29, 1.82) is 0 Å². The normalized spacial score (nSPS) is 14.0. The molecular formula is C22H26ClFN2O. The first-order chi connectivity index (χ1) is 12.9. The zero-order valence-electron chi connectivity index (χ0n) is 16.1. The van der Waals surface area contributed by atoms with Crippen LogP contribution in [0.2, 0.25) is 5.02 Å². The monoisotopic (exact) mass is 388 g/mol. The molecule has 1 aliphatic carbocycles. The molecule has 2 aromatic carbocycles. The van der Waals surface area contributed by atoms with Crippen LogP contribution in [0, 0.1) is 12.7 Å². The van der Waals surface area contributed by atoms with E-state index in [1.54, 1.807) is 12.1 Å². The topological polar surface area (TPSA) is 32.3 Å². The molecule has 0 bridgehead atoms. The maximum absolute atomic E-state index is 14.2. The fraction of sp³-hybridized carbons (Fsp3) is 0.409. The van der Waals surface area contributed by atoms with Crippen molar-refractivity contribution in [1.82, 2.24) is 4.90 Å². The van der Waals surface area contributed by atoms with Gasteiger partial charge in [-0.15, -0.1) is 0 Å². The van der Waals surface area contributed by atoms with Gasteiger partial charge in [-0.1, -0.05) is 49.7 Å². The third-order valence-corrected chi connectivity index (χ3v) is 5.38. The summed E-state index contributed by atoms with van der Waals surface area (Å²) in [7, 11) is 0. The minimum atomic E-state index is -0.324. The fourth-order valence-electron chi connectivity index (χ4n) is 3.35. The van der Waals surface area contributed by atoms with E-state index in [-0.39, 0.29) is 18.3 Å². The third kappa shape index (κ3) is 4.88. The summed E-state index contributed by atoms with van der Waals surface area (Å²) in [5.74, 6) is -0.0860. The molecule has 1 aliphatic rings. The molecular weight excluding hydrogens is 363 g/mol. The van der Waals surface area contributed by atoms with Gasteiger partial charge in [0.05, 0.1) is 6.54 Å². The largest absolute Gasteiger partial charge is 0.324 e. The van der Waals surface area contributed by atoms with Crippen molar-refractivity contribution in [2.45, 2.75) is 52.1 Å². The molecule has 0 radical (unpaired) electrons. The Morgan fingerprint density at radius 2 is 1.96 bits per heavy atom. The number of hydrogen-bond acceptors (Lipinski definition) is 2. The lowest BCUT2D eigenvalue weighted by Gasteiger charge is -2.23. The van der Waals surface area contributed by atoms with Crippen LogP contribution in [0.3, 0.4) is 0 Å². The second-order valence-electron chi connectivity index (χ2n) is 7.58. The smallest absolute Gasteiger partial charge is 0.238 e. The minimum Gasteiger partial charge on any atom is -0.324 e. The van der Waals surface area contributed by atoms with Crippen LogP contribution in [0.1, 0.15) is 49.3 Å². The van der Waals surface area contributed by atoms with E-state index < -0.39 is 0 Å². The summed E-state index contributed by atoms with van der Waals surface area (Å²) in [4.78, 5) is 14.8.